The molecule has 0 radical (unpaired) electrons. The predicted molar refractivity (Wildman–Crippen MR) is 178 cm³/mol. The minimum atomic E-state index is -1.83. The van der Waals surface area contributed by atoms with Crippen LogP contribution in [-0.2, 0) is 0 Å². The monoisotopic (exact) mass is 548 g/mol. The second-order valence-electron chi connectivity index (χ2n) is 10.2. The molecule has 1 unspecified atom stereocenters. The predicted octanol–water partition coefficient (Wildman–Crippen LogP) is 8.14. The van der Waals surface area contributed by atoms with Crippen LogP contribution in [0.25, 0.3) is 64.6 Å². The molecule has 0 amide bonds. The molecule has 5 heteroatoms. The molecule has 0 aliphatic heterocycles. The number of rotatable bonds is 2. The zero-order valence-electron chi connectivity index (χ0n) is 22.2. The fraction of sp³-hybridized carbons (Fsp3) is 0. The molecule has 0 aromatic heterocycles. The van der Waals surface area contributed by atoms with Gasteiger partial charge in [0.25, 0.3) is 0 Å². The topological polar surface area (TPSA) is 49.7 Å². The molecule has 0 aliphatic carbocycles. The second kappa shape index (κ2) is 10.5. The van der Waals surface area contributed by atoms with E-state index in [0.29, 0.717) is 5.75 Å². The van der Waals surface area contributed by atoms with Crippen molar-refractivity contribution in [2.24, 2.45) is 0 Å². The van der Waals surface area contributed by atoms with Crippen LogP contribution < -0.4 is 9.96 Å². The van der Waals surface area contributed by atoms with Crippen molar-refractivity contribution in [3.8, 4) is 5.75 Å². The van der Waals surface area contributed by atoms with E-state index in [2.05, 4.69) is 106 Å². The first-order chi connectivity index (χ1) is 20.0. The number of hydrogen-bond acceptors (Lipinski definition) is 3. The highest BCUT2D eigenvalue weighted by Gasteiger charge is 2.15. The van der Waals surface area contributed by atoms with E-state index in [1.54, 1.807) is 6.07 Å². The Morgan fingerprint density at radius 2 is 0.878 bits per heavy atom. The number of benzene rings is 8. The minimum absolute atomic E-state index is 0.466. The van der Waals surface area contributed by atoms with Gasteiger partial charge < -0.3 is 14.7 Å². The van der Waals surface area contributed by atoms with Crippen LogP contribution in [0.3, 0.4) is 0 Å². The summed E-state index contributed by atoms with van der Waals surface area (Å²) in [5.41, 5.74) is 0. The summed E-state index contributed by atoms with van der Waals surface area (Å²) in [6, 6.07) is 46.1. The van der Waals surface area contributed by atoms with Crippen molar-refractivity contribution in [3.63, 3.8) is 0 Å². The molecule has 8 rings (SSSR count). The van der Waals surface area contributed by atoms with Crippen LogP contribution in [0.15, 0.2) is 133 Å². The van der Waals surface area contributed by atoms with E-state index < -0.39 is 7.32 Å². The maximum atomic E-state index is 9.14. The van der Waals surface area contributed by atoms with E-state index in [0.717, 1.165) is 26.9 Å². The van der Waals surface area contributed by atoms with Crippen LogP contribution in [0.4, 0.5) is 0 Å². The molecule has 0 spiro atoms. The molecule has 3 nitrogen and oxygen atoms in total. The van der Waals surface area contributed by atoms with Crippen molar-refractivity contribution in [2.45, 2.75) is 0 Å². The quantitative estimate of drug-likeness (QED) is 0.0993. The van der Waals surface area contributed by atoms with Gasteiger partial charge in [0.15, 0.2) is 0 Å². The molecule has 8 aromatic carbocycles. The zero-order chi connectivity index (χ0) is 27.9. The van der Waals surface area contributed by atoms with Crippen LogP contribution in [0, 0.1) is 0 Å². The Hall–Kier alpha value is -4.47. The molecule has 1 atom stereocenters. The summed E-state index contributed by atoms with van der Waals surface area (Å²) in [6.07, 6.45) is 0. The highest BCUT2D eigenvalue weighted by Crippen LogP contribution is 2.35. The summed E-state index contributed by atoms with van der Waals surface area (Å²) in [7, 11) is 1.02. The van der Waals surface area contributed by atoms with E-state index in [1.807, 2.05) is 30.3 Å². The first kappa shape index (κ1) is 25.5. The lowest BCUT2D eigenvalue weighted by Gasteiger charge is -2.12. The smallest absolute Gasteiger partial charge is 0.511 e. The van der Waals surface area contributed by atoms with Gasteiger partial charge in [-0.3, -0.25) is 0 Å². The van der Waals surface area contributed by atoms with Crippen LogP contribution >= 0.6 is 9.24 Å². The largest absolute Gasteiger partial charge is 0.707 e. The summed E-state index contributed by atoms with van der Waals surface area (Å²) < 4.78 is 5.16. The summed E-state index contributed by atoms with van der Waals surface area (Å²) >= 11 is 0. The van der Waals surface area contributed by atoms with Crippen molar-refractivity contribution in [1.29, 1.82) is 0 Å². The van der Waals surface area contributed by atoms with Crippen molar-refractivity contribution < 1.29 is 14.7 Å². The Morgan fingerprint density at radius 3 is 1.44 bits per heavy atom. The van der Waals surface area contributed by atoms with Crippen molar-refractivity contribution in [3.05, 3.63) is 133 Å². The van der Waals surface area contributed by atoms with Gasteiger partial charge in [-0.2, -0.15) is 0 Å². The highest BCUT2D eigenvalue weighted by molar-refractivity contribution is 7.28. The fourth-order valence-corrected chi connectivity index (χ4v) is 6.24. The Morgan fingerprint density at radius 1 is 0.439 bits per heavy atom. The Balaban J connectivity index is 0.000000136. The normalized spacial score (nSPS) is 11.3. The van der Waals surface area contributed by atoms with Gasteiger partial charge >= 0.3 is 7.32 Å². The molecule has 196 valence electrons. The van der Waals surface area contributed by atoms with E-state index in [9.17, 15) is 0 Å². The molecule has 0 saturated heterocycles. The lowest BCUT2D eigenvalue weighted by molar-refractivity contribution is 0.289. The molecule has 0 saturated carbocycles. The van der Waals surface area contributed by atoms with Gasteiger partial charge in [0, 0.05) is 5.39 Å². The molecule has 2 N–H and O–H groups in total. The molecular formula is C36H26BO3P. The average Bonchev–Trinajstić information content (AvgIpc) is 2.99. The van der Waals surface area contributed by atoms with E-state index in [1.165, 1.54) is 43.0 Å². The van der Waals surface area contributed by atoms with Gasteiger partial charge in [-0.25, -0.2) is 0 Å². The minimum Gasteiger partial charge on any atom is -0.511 e. The van der Waals surface area contributed by atoms with Crippen molar-refractivity contribution >= 4 is 86.5 Å². The van der Waals surface area contributed by atoms with Crippen LogP contribution in [0.2, 0.25) is 0 Å². The molecule has 0 fully saturated rings. The summed E-state index contributed by atoms with van der Waals surface area (Å²) in [4.78, 5) is 0. The molecular weight excluding hydrogens is 522 g/mol. The van der Waals surface area contributed by atoms with Crippen LogP contribution in [0.1, 0.15) is 0 Å². The molecule has 0 bridgehead atoms. The number of hydrogen-bond donors (Lipinski definition) is 2. The first-order valence-corrected chi connectivity index (χ1v) is 14.1. The SMILES string of the molecule is OB(O)Oc1cccc2ccc3cc4ccccc4cc3c12.Pc1cccc2ccc3cc4ccccc4cc3c12. The Labute approximate surface area is 240 Å². The standard InChI is InChI=1S/C18H13BO3.C18H13P/c20-19(21)22-17-7-3-6-12-8-9-15-10-13-4-1-2-5-14(13)11-16(15)18(12)17;19-17-7-3-6-12-8-9-15-10-13-4-1-2-5-14(13)11-16(15)18(12)17/h1-11,20-21H;1-11H,19H2. The van der Waals surface area contributed by atoms with Gasteiger partial charge in [-0.15, -0.1) is 9.24 Å². The second-order valence-corrected chi connectivity index (χ2v) is 10.8. The lowest BCUT2D eigenvalue weighted by atomic mass is 9.97. The van der Waals surface area contributed by atoms with Crippen molar-refractivity contribution in [1.82, 2.24) is 0 Å². The summed E-state index contributed by atoms with van der Waals surface area (Å²) in [6.45, 7) is 0. The van der Waals surface area contributed by atoms with Gasteiger partial charge in [-0.05, 0) is 94.9 Å². The van der Waals surface area contributed by atoms with Gasteiger partial charge in [-0.1, -0.05) is 103 Å². The van der Waals surface area contributed by atoms with Crippen molar-refractivity contribution in [2.75, 3.05) is 0 Å². The summed E-state index contributed by atoms with van der Waals surface area (Å²) in [5.74, 6) is 0.466. The first-order valence-electron chi connectivity index (χ1n) is 13.5. The third kappa shape index (κ3) is 4.77. The van der Waals surface area contributed by atoms with Crippen LogP contribution in [-0.4, -0.2) is 17.4 Å². The Kier molecular flexibility index (Phi) is 6.53. The average molecular weight is 548 g/mol. The van der Waals surface area contributed by atoms with E-state index >= 15 is 0 Å². The maximum Gasteiger partial charge on any atom is 0.707 e. The third-order valence-corrected chi connectivity index (χ3v) is 8.16. The zero-order valence-corrected chi connectivity index (χ0v) is 23.3. The van der Waals surface area contributed by atoms with E-state index in [-0.39, 0.29) is 0 Å². The number of fused-ring (bicyclic) bond motifs is 8. The third-order valence-electron chi connectivity index (χ3n) is 7.68. The van der Waals surface area contributed by atoms with Gasteiger partial charge in [0.05, 0.1) is 0 Å². The molecule has 0 heterocycles. The lowest BCUT2D eigenvalue weighted by Crippen LogP contribution is -2.20. The maximum absolute atomic E-state index is 9.14. The van der Waals surface area contributed by atoms with Crippen LogP contribution in [0.5, 0.6) is 5.75 Å². The van der Waals surface area contributed by atoms with Gasteiger partial charge in [0.1, 0.15) is 5.75 Å². The highest BCUT2D eigenvalue weighted by atomic mass is 31.0. The molecule has 8 aromatic rings. The fourth-order valence-electron chi connectivity index (χ4n) is 5.81. The molecule has 0 aliphatic rings. The van der Waals surface area contributed by atoms with E-state index in [4.69, 9.17) is 14.7 Å². The molecule has 41 heavy (non-hydrogen) atoms. The Bertz CT molecular complexity index is 2240. The van der Waals surface area contributed by atoms with Gasteiger partial charge in [0.2, 0.25) is 0 Å². The summed E-state index contributed by atoms with van der Waals surface area (Å²) in [5, 5.41) is 33.8.